The Morgan fingerprint density at radius 3 is 2.80 bits per heavy atom. The maximum absolute atomic E-state index is 12.0. The minimum Gasteiger partial charge on any atom is -0.480 e. The highest BCUT2D eigenvalue weighted by Crippen LogP contribution is 2.32. The summed E-state index contributed by atoms with van der Waals surface area (Å²) in [4.78, 5) is 29.6. The molecule has 1 aromatic rings. The predicted octanol–water partition coefficient (Wildman–Crippen LogP) is 1.91. The van der Waals surface area contributed by atoms with Crippen molar-refractivity contribution in [3.63, 3.8) is 0 Å². The van der Waals surface area contributed by atoms with Crippen LogP contribution in [0.15, 0.2) is 16.7 Å². The molecule has 1 amide bonds. The number of carbonyl (C=O) groups excluding carboxylic acids is 2. The molecular weight excluding hydrogens is 328 g/mol. The molecule has 2 heterocycles. The Kier molecular flexibility index (Phi) is 4.27. The van der Waals surface area contributed by atoms with Gasteiger partial charge in [0, 0.05) is 0 Å². The van der Waals surface area contributed by atoms with Crippen molar-refractivity contribution in [1.82, 2.24) is 4.98 Å². The normalized spacial score (nSPS) is 15.7. The van der Waals surface area contributed by atoms with Crippen LogP contribution in [-0.4, -0.2) is 35.6 Å². The van der Waals surface area contributed by atoms with Crippen LogP contribution in [0.2, 0.25) is 0 Å². The van der Waals surface area contributed by atoms with Crippen molar-refractivity contribution in [3.8, 4) is 5.75 Å². The van der Waals surface area contributed by atoms with Crippen LogP contribution in [0, 0.1) is 0 Å². The summed E-state index contributed by atoms with van der Waals surface area (Å²) in [5.41, 5.74) is 0. The average molecular weight is 343 g/mol. The smallest absolute Gasteiger partial charge is 0.329 e. The zero-order valence-corrected chi connectivity index (χ0v) is 13.0. The number of ether oxygens (including phenoxy) is 2. The van der Waals surface area contributed by atoms with Crippen LogP contribution in [0.1, 0.15) is 20.8 Å². The number of nitrogens with zero attached hydrogens (tertiary/aromatic N) is 2. The second kappa shape index (κ2) is 5.78. The Morgan fingerprint density at radius 2 is 2.15 bits per heavy atom. The SMILES string of the molecule is CC(C)OC(=O)C(C)N1C(=O)COc2ccc(Br)nc21. The number of hydrogen-bond donors (Lipinski definition) is 0. The van der Waals surface area contributed by atoms with E-state index in [0.29, 0.717) is 16.2 Å². The van der Waals surface area contributed by atoms with Crippen LogP contribution in [0.25, 0.3) is 0 Å². The van der Waals surface area contributed by atoms with Crippen molar-refractivity contribution >= 4 is 33.6 Å². The summed E-state index contributed by atoms with van der Waals surface area (Å²) >= 11 is 3.24. The van der Waals surface area contributed by atoms with E-state index in [0.717, 1.165) is 0 Å². The Balaban J connectivity index is 2.33. The number of amides is 1. The van der Waals surface area contributed by atoms with Gasteiger partial charge in [-0.15, -0.1) is 0 Å². The molecule has 1 aliphatic heterocycles. The first-order chi connectivity index (χ1) is 9.40. The Bertz CT molecular complexity index is 547. The van der Waals surface area contributed by atoms with E-state index >= 15 is 0 Å². The highest BCUT2D eigenvalue weighted by molar-refractivity contribution is 9.10. The van der Waals surface area contributed by atoms with E-state index in [1.54, 1.807) is 32.9 Å². The molecule has 1 aliphatic rings. The van der Waals surface area contributed by atoms with Gasteiger partial charge in [-0.05, 0) is 48.8 Å². The van der Waals surface area contributed by atoms with Gasteiger partial charge in [-0.3, -0.25) is 9.69 Å². The molecule has 0 spiro atoms. The summed E-state index contributed by atoms with van der Waals surface area (Å²) in [6.07, 6.45) is -0.240. The van der Waals surface area contributed by atoms with E-state index < -0.39 is 12.0 Å². The highest BCUT2D eigenvalue weighted by Gasteiger charge is 2.35. The van der Waals surface area contributed by atoms with Crippen LogP contribution in [0.4, 0.5) is 5.82 Å². The quantitative estimate of drug-likeness (QED) is 0.619. The van der Waals surface area contributed by atoms with E-state index in [-0.39, 0.29) is 18.6 Å². The molecule has 6 nitrogen and oxygen atoms in total. The van der Waals surface area contributed by atoms with E-state index in [2.05, 4.69) is 20.9 Å². The lowest BCUT2D eigenvalue weighted by Gasteiger charge is -2.32. The fraction of sp³-hybridized carbons (Fsp3) is 0.462. The van der Waals surface area contributed by atoms with Gasteiger partial charge < -0.3 is 9.47 Å². The number of esters is 1. The van der Waals surface area contributed by atoms with Gasteiger partial charge in [0.05, 0.1) is 6.10 Å². The second-order valence-electron chi connectivity index (χ2n) is 4.67. The van der Waals surface area contributed by atoms with Gasteiger partial charge in [0.2, 0.25) is 0 Å². The lowest BCUT2D eigenvalue weighted by atomic mass is 10.2. The Morgan fingerprint density at radius 1 is 1.45 bits per heavy atom. The number of halogens is 1. The number of carbonyl (C=O) groups is 2. The lowest BCUT2D eigenvalue weighted by Crippen LogP contribution is -2.49. The molecule has 0 radical (unpaired) electrons. The first-order valence-electron chi connectivity index (χ1n) is 6.22. The van der Waals surface area contributed by atoms with E-state index in [1.807, 2.05) is 0 Å². The van der Waals surface area contributed by atoms with Crippen molar-refractivity contribution in [1.29, 1.82) is 0 Å². The Hall–Kier alpha value is -1.63. The molecule has 2 rings (SSSR count). The summed E-state index contributed by atoms with van der Waals surface area (Å²) < 4.78 is 11.0. The third-order valence-corrected chi connectivity index (χ3v) is 3.18. The summed E-state index contributed by atoms with van der Waals surface area (Å²) in [6.45, 7) is 5.01. The molecule has 1 atom stereocenters. The molecular formula is C13H15BrN2O4. The molecule has 0 saturated carbocycles. The van der Waals surface area contributed by atoms with Crippen molar-refractivity contribution in [3.05, 3.63) is 16.7 Å². The third-order valence-electron chi connectivity index (χ3n) is 2.73. The van der Waals surface area contributed by atoms with Crippen LogP contribution < -0.4 is 9.64 Å². The minimum atomic E-state index is -0.755. The third kappa shape index (κ3) is 2.92. The molecule has 7 heteroatoms. The van der Waals surface area contributed by atoms with Gasteiger partial charge in [0.25, 0.3) is 5.91 Å². The van der Waals surface area contributed by atoms with Crippen molar-refractivity contribution in [2.75, 3.05) is 11.5 Å². The molecule has 20 heavy (non-hydrogen) atoms. The molecule has 0 saturated heterocycles. The molecule has 0 fully saturated rings. The van der Waals surface area contributed by atoms with Crippen LogP contribution >= 0.6 is 15.9 Å². The Labute approximate surface area is 125 Å². The van der Waals surface area contributed by atoms with Crippen LogP contribution in [0.3, 0.4) is 0 Å². The van der Waals surface area contributed by atoms with Crippen LogP contribution in [-0.2, 0) is 14.3 Å². The predicted molar refractivity (Wildman–Crippen MR) is 75.6 cm³/mol. The largest absolute Gasteiger partial charge is 0.480 e. The van der Waals surface area contributed by atoms with Gasteiger partial charge >= 0.3 is 5.97 Å². The summed E-state index contributed by atoms with van der Waals surface area (Å²) in [5, 5.41) is 0. The van der Waals surface area contributed by atoms with Gasteiger partial charge in [-0.2, -0.15) is 0 Å². The number of anilines is 1. The standard InChI is InChI=1S/C13H15BrN2O4/c1-7(2)20-13(18)8(3)16-11(17)6-19-9-4-5-10(14)15-12(9)16/h4-5,7-8H,6H2,1-3H3. The number of aromatic nitrogens is 1. The molecule has 1 unspecified atom stereocenters. The summed E-state index contributed by atoms with van der Waals surface area (Å²) in [6, 6.07) is 2.66. The first kappa shape index (κ1) is 14.8. The fourth-order valence-electron chi connectivity index (χ4n) is 1.86. The van der Waals surface area contributed by atoms with Crippen molar-refractivity contribution < 1.29 is 19.1 Å². The van der Waals surface area contributed by atoms with E-state index in [1.165, 1.54) is 4.90 Å². The lowest BCUT2D eigenvalue weighted by molar-refractivity contribution is -0.149. The zero-order valence-electron chi connectivity index (χ0n) is 11.4. The second-order valence-corrected chi connectivity index (χ2v) is 5.48. The van der Waals surface area contributed by atoms with Gasteiger partial charge in [-0.25, -0.2) is 9.78 Å². The summed E-state index contributed by atoms with van der Waals surface area (Å²) in [5.74, 6) is 0.000102. The first-order valence-corrected chi connectivity index (χ1v) is 7.01. The summed E-state index contributed by atoms with van der Waals surface area (Å²) in [7, 11) is 0. The number of hydrogen-bond acceptors (Lipinski definition) is 5. The van der Waals surface area contributed by atoms with Crippen molar-refractivity contribution in [2.24, 2.45) is 0 Å². The average Bonchev–Trinajstić information content (AvgIpc) is 2.37. The fourth-order valence-corrected chi connectivity index (χ4v) is 2.16. The molecule has 1 aromatic heterocycles. The number of pyridine rings is 1. The van der Waals surface area contributed by atoms with Crippen LogP contribution in [0.5, 0.6) is 5.75 Å². The number of fused-ring (bicyclic) bond motifs is 1. The molecule has 0 bridgehead atoms. The topological polar surface area (TPSA) is 68.7 Å². The minimum absolute atomic E-state index is 0.115. The zero-order chi connectivity index (χ0) is 14.9. The number of rotatable bonds is 3. The highest BCUT2D eigenvalue weighted by atomic mass is 79.9. The van der Waals surface area contributed by atoms with E-state index in [4.69, 9.17) is 9.47 Å². The van der Waals surface area contributed by atoms with Crippen molar-refractivity contribution in [2.45, 2.75) is 32.9 Å². The van der Waals surface area contributed by atoms with E-state index in [9.17, 15) is 9.59 Å². The van der Waals surface area contributed by atoms with Gasteiger partial charge in [0.1, 0.15) is 10.6 Å². The maximum Gasteiger partial charge on any atom is 0.329 e. The molecule has 0 N–H and O–H groups in total. The molecule has 0 aromatic carbocycles. The maximum atomic E-state index is 12.0. The molecule has 108 valence electrons. The van der Waals surface area contributed by atoms with Gasteiger partial charge in [-0.1, -0.05) is 0 Å². The molecule has 0 aliphatic carbocycles. The van der Waals surface area contributed by atoms with Gasteiger partial charge in [0.15, 0.2) is 18.2 Å². The monoisotopic (exact) mass is 342 g/mol.